The topological polar surface area (TPSA) is 76.6 Å². The highest BCUT2D eigenvalue weighted by Gasteiger charge is 2.48. The third-order valence-electron chi connectivity index (χ3n) is 3.75. The van der Waals surface area contributed by atoms with Crippen molar-refractivity contribution >= 4 is 45.2 Å². The first kappa shape index (κ1) is 14.0. The van der Waals surface area contributed by atoms with Gasteiger partial charge in [-0.05, 0) is 34.7 Å². The van der Waals surface area contributed by atoms with Gasteiger partial charge in [-0.15, -0.1) is 0 Å². The second kappa shape index (κ2) is 5.24. The van der Waals surface area contributed by atoms with Gasteiger partial charge in [-0.3, -0.25) is 0 Å². The smallest absolute Gasteiger partial charge is 0.295 e. The first-order valence-corrected chi connectivity index (χ1v) is 8.00. The lowest BCUT2D eigenvalue weighted by atomic mass is 10.1. The van der Waals surface area contributed by atoms with Crippen molar-refractivity contribution in [1.29, 1.82) is 0 Å². The van der Waals surface area contributed by atoms with Crippen molar-refractivity contribution in [3.63, 3.8) is 0 Å². The van der Waals surface area contributed by atoms with Crippen molar-refractivity contribution in [2.24, 2.45) is 0 Å². The summed E-state index contributed by atoms with van der Waals surface area (Å²) in [6.07, 6.45) is -1.42. The Labute approximate surface area is 138 Å². The Morgan fingerprint density at radius 2 is 2.14 bits per heavy atom. The van der Waals surface area contributed by atoms with Gasteiger partial charge in [0.15, 0.2) is 6.10 Å². The Balaban J connectivity index is 1.57. The molecule has 1 aromatic carbocycles. The van der Waals surface area contributed by atoms with Crippen LogP contribution in [0.2, 0.25) is 5.02 Å². The number of hydrogen-bond donors (Lipinski definition) is 2. The molecule has 6 nitrogen and oxygen atoms in total. The number of benzene rings is 1. The fourth-order valence-electron chi connectivity index (χ4n) is 2.73. The molecular formula is C13H12ClIN2O4. The van der Waals surface area contributed by atoms with Gasteiger partial charge in [0.2, 0.25) is 0 Å². The van der Waals surface area contributed by atoms with Crippen molar-refractivity contribution < 1.29 is 19.3 Å². The number of aromatic nitrogens is 2. The number of nitrogens with zero attached hydrogens (tertiary/aromatic N) is 1. The molecule has 0 radical (unpaired) electrons. The maximum absolute atomic E-state index is 9.71. The predicted octanol–water partition coefficient (Wildman–Crippen LogP) is 1.73. The zero-order chi connectivity index (χ0) is 14.6. The highest BCUT2D eigenvalue weighted by Crippen LogP contribution is 2.30. The van der Waals surface area contributed by atoms with E-state index in [1.807, 2.05) is 12.1 Å². The molecule has 2 aliphatic heterocycles. The van der Waals surface area contributed by atoms with Gasteiger partial charge in [-0.1, -0.05) is 11.6 Å². The van der Waals surface area contributed by atoms with Crippen molar-refractivity contribution in [2.75, 3.05) is 13.2 Å². The lowest BCUT2D eigenvalue weighted by molar-refractivity contribution is 0.00706. The number of rotatable bonds is 2. The summed E-state index contributed by atoms with van der Waals surface area (Å²) in [5.74, 6) is 0. The summed E-state index contributed by atoms with van der Waals surface area (Å²) in [5.41, 5.74) is 1.61. The van der Waals surface area contributed by atoms with E-state index in [2.05, 4.69) is 32.6 Å². The van der Waals surface area contributed by atoms with Crippen LogP contribution in [0.3, 0.4) is 0 Å². The Bertz CT molecular complexity index is 655. The van der Waals surface area contributed by atoms with Gasteiger partial charge in [0.25, 0.3) is 6.01 Å². The standard InChI is InChI=1S/C13H12ClIN2O4/c14-5-1-7-8(2-6(5)15)17-13(16-7)21-10-4-20-11-9(18)3-19-12(10)11/h1-2,9-12,18H,3-4H2,(H,16,17)/t9-,10+,11+,12+/m1/s1. The molecule has 1 aromatic heterocycles. The molecule has 0 amide bonds. The van der Waals surface area contributed by atoms with E-state index < -0.39 is 6.10 Å². The van der Waals surface area contributed by atoms with Crippen molar-refractivity contribution in [2.45, 2.75) is 24.4 Å². The zero-order valence-corrected chi connectivity index (χ0v) is 13.7. The van der Waals surface area contributed by atoms with Crippen LogP contribution < -0.4 is 4.74 Å². The number of imidazole rings is 1. The van der Waals surface area contributed by atoms with E-state index in [9.17, 15) is 5.11 Å². The van der Waals surface area contributed by atoms with Gasteiger partial charge in [0.1, 0.15) is 18.3 Å². The van der Waals surface area contributed by atoms with Crippen LogP contribution in [0.15, 0.2) is 12.1 Å². The van der Waals surface area contributed by atoms with E-state index >= 15 is 0 Å². The highest BCUT2D eigenvalue weighted by molar-refractivity contribution is 14.1. The summed E-state index contributed by atoms with van der Waals surface area (Å²) in [5, 5.41) is 10.4. The number of H-pyrrole nitrogens is 1. The average Bonchev–Trinajstić information content (AvgIpc) is 3.10. The van der Waals surface area contributed by atoms with Gasteiger partial charge in [0.05, 0.1) is 29.3 Å². The summed E-state index contributed by atoms with van der Waals surface area (Å²) in [6, 6.07) is 4.12. The second-order valence-electron chi connectivity index (χ2n) is 5.14. The fourth-order valence-corrected chi connectivity index (χ4v) is 3.34. The van der Waals surface area contributed by atoms with Crippen LogP contribution in [0.4, 0.5) is 0 Å². The highest BCUT2D eigenvalue weighted by atomic mass is 127. The van der Waals surface area contributed by atoms with Crippen molar-refractivity contribution in [1.82, 2.24) is 9.97 Å². The molecule has 8 heteroatoms. The Hall–Kier alpha value is -0.610. The number of ether oxygens (including phenoxy) is 3. The largest absolute Gasteiger partial charge is 0.456 e. The molecule has 2 aromatic rings. The average molecular weight is 423 g/mol. The molecule has 21 heavy (non-hydrogen) atoms. The van der Waals surface area contributed by atoms with E-state index in [0.717, 1.165) is 14.6 Å². The van der Waals surface area contributed by atoms with E-state index in [0.29, 0.717) is 17.6 Å². The number of fused-ring (bicyclic) bond motifs is 2. The summed E-state index contributed by atoms with van der Waals surface area (Å²) in [6.45, 7) is 0.658. The van der Waals surface area contributed by atoms with E-state index in [-0.39, 0.29) is 24.9 Å². The van der Waals surface area contributed by atoms with E-state index in [1.54, 1.807) is 0 Å². The molecule has 0 aliphatic carbocycles. The third-order valence-corrected chi connectivity index (χ3v) is 5.27. The number of halogens is 2. The maximum Gasteiger partial charge on any atom is 0.295 e. The minimum Gasteiger partial charge on any atom is -0.456 e. The minimum absolute atomic E-state index is 0.253. The number of aliphatic hydroxyl groups is 1. The first-order valence-electron chi connectivity index (χ1n) is 6.54. The van der Waals surface area contributed by atoms with Gasteiger partial charge < -0.3 is 24.3 Å². The monoisotopic (exact) mass is 422 g/mol. The van der Waals surface area contributed by atoms with Crippen LogP contribution in [0, 0.1) is 3.57 Å². The molecule has 0 unspecified atom stereocenters. The van der Waals surface area contributed by atoms with Crippen LogP contribution in [0.1, 0.15) is 0 Å². The minimum atomic E-state index is -0.584. The molecule has 2 N–H and O–H groups in total. The molecule has 2 aliphatic rings. The summed E-state index contributed by atoms with van der Waals surface area (Å²) in [4.78, 5) is 7.48. The molecule has 4 rings (SSSR count). The molecule has 0 spiro atoms. The van der Waals surface area contributed by atoms with Crippen LogP contribution in [-0.4, -0.2) is 52.7 Å². The third kappa shape index (κ3) is 2.40. The van der Waals surface area contributed by atoms with Crippen molar-refractivity contribution in [3.8, 4) is 6.01 Å². The maximum atomic E-state index is 9.71. The molecule has 112 valence electrons. The Kier molecular flexibility index (Phi) is 3.49. The Morgan fingerprint density at radius 3 is 3.00 bits per heavy atom. The lowest BCUT2D eigenvalue weighted by Gasteiger charge is -2.15. The first-order chi connectivity index (χ1) is 10.1. The SMILES string of the molecule is O[C@@H]1CO[C@@H]2[C@H]1OC[C@@H]2Oc1nc2cc(I)c(Cl)cc2[nH]1. The molecule has 2 fully saturated rings. The quantitative estimate of drug-likeness (QED) is 0.721. The van der Waals surface area contributed by atoms with Gasteiger partial charge >= 0.3 is 0 Å². The lowest BCUT2D eigenvalue weighted by Crippen LogP contribution is -2.34. The molecule has 0 saturated carbocycles. The molecular weight excluding hydrogens is 411 g/mol. The van der Waals surface area contributed by atoms with E-state index in [4.69, 9.17) is 25.8 Å². The van der Waals surface area contributed by atoms with Gasteiger partial charge in [-0.25, -0.2) is 0 Å². The number of nitrogens with one attached hydrogen (secondary N) is 1. The Morgan fingerprint density at radius 1 is 1.33 bits per heavy atom. The van der Waals surface area contributed by atoms with Gasteiger partial charge in [0, 0.05) is 3.57 Å². The van der Waals surface area contributed by atoms with Crippen LogP contribution in [0.25, 0.3) is 11.0 Å². The molecule has 3 heterocycles. The summed E-state index contributed by atoms with van der Waals surface area (Å²) < 4.78 is 17.8. The zero-order valence-electron chi connectivity index (χ0n) is 10.8. The van der Waals surface area contributed by atoms with Crippen molar-refractivity contribution in [3.05, 3.63) is 20.7 Å². The van der Waals surface area contributed by atoms with Gasteiger partial charge in [-0.2, -0.15) is 4.98 Å². The number of aromatic amines is 1. The van der Waals surface area contributed by atoms with Crippen LogP contribution >= 0.6 is 34.2 Å². The van der Waals surface area contributed by atoms with Crippen LogP contribution in [0.5, 0.6) is 6.01 Å². The summed E-state index contributed by atoms with van der Waals surface area (Å²) >= 11 is 8.25. The normalized spacial score (nSPS) is 31.8. The predicted molar refractivity (Wildman–Crippen MR) is 83.7 cm³/mol. The molecule has 0 bridgehead atoms. The van der Waals surface area contributed by atoms with E-state index in [1.165, 1.54) is 0 Å². The second-order valence-corrected chi connectivity index (χ2v) is 6.71. The van der Waals surface area contributed by atoms with Crippen LogP contribution in [-0.2, 0) is 9.47 Å². The number of aliphatic hydroxyl groups excluding tert-OH is 1. The summed E-state index contributed by atoms with van der Waals surface area (Å²) in [7, 11) is 0. The fraction of sp³-hybridized carbons (Fsp3) is 0.462. The molecule has 2 saturated heterocycles. The number of hydrogen-bond acceptors (Lipinski definition) is 5. The molecule has 4 atom stereocenters.